The van der Waals surface area contributed by atoms with Gasteiger partial charge in [0.15, 0.2) is 0 Å². The van der Waals surface area contributed by atoms with Crippen molar-refractivity contribution in [1.82, 2.24) is 4.90 Å². The van der Waals surface area contributed by atoms with Crippen molar-refractivity contribution >= 4 is 5.91 Å². The molecule has 0 saturated heterocycles. The molecule has 0 aromatic heterocycles. The molecule has 0 unspecified atom stereocenters. The van der Waals surface area contributed by atoms with Crippen molar-refractivity contribution in [1.29, 1.82) is 0 Å². The molecule has 0 aromatic carbocycles. The van der Waals surface area contributed by atoms with Crippen LogP contribution in [0.3, 0.4) is 0 Å². The third kappa shape index (κ3) is 3.15. The topological polar surface area (TPSA) is 20.3 Å². The number of carbonyl (C=O) groups is 1. The molecular weight excluding hydrogens is 222 g/mol. The second kappa shape index (κ2) is 5.90. The van der Waals surface area contributed by atoms with E-state index in [1.54, 1.807) is 0 Å². The summed E-state index contributed by atoms with van der Waals surface area (Å²) in [6, 6.07) is 0.333. The fourth-order valence-corrected chi connectivity index (χ4v) is 3.12. The van der Waals surface area contributed by atoms with Crippen molar-refractivity contribution in [3.05, 3.63) is 11.1 Å². The summed E-state index contributed by atoms with van der Waals surface area (Å²) >= 11 is 0. The third-order valence-electron chi connectivity index (χ3n) is 3.66. The molecule has 1 rings (SSSR count). The van der Waals surface area contributed by atoms with Gasteiger partial charge in [-0.2, -0.15) is 0 Å². The molecule has 0 bridgehead atoms. The highest BCUT2D eigenvalue weighted by Gasteiger charge is 2.37. The Morgan fingerprint density at radius 1 is 1.17 bits per heavy atom. The summed E-state index contributed by atoms with van der Waals surface area (Å²) < 4.78 is 0. The quantitative estimate of drug-likeness (QED) is 0.729. The Morgan fingerprint density at radius 3 is 2.17 bits per heavy atom. The van der Waals surface area contributed by atoms with E-state index >= 15 is 0 Å². The fourth-order valence-electron chi connectivity index (χ4n) is 3.12. The largest absolute Gasteiger partial charge is 0.331 e. The van der Waals surface area contributed by atoms with E-state index < -0.39 is 0 Å². The van der Waals surface area contributed by atoms with E-state index in [9.17, 15) is 4.79 Å². The van der Waals surface area contributed by atoms with E-state index in [4.69, 9.17) is 0 Å². The normalized spacial score (nSPS) is 21.8. The van der Waals surface area contributed by atoms with Crippen LogP contribution in [0.2, 0.25) is 0 Å². The maximum absolute atomic E-state index is 12.7. The van der Waals surface area contributed by atoms with Crippen molar-refractivity contribution < 1.29 is 4.79 Å². The fraction of sp³-hybridized carbons (Fsp3) is 0.812. The first-order valence-corrected chi connectivity index (χ1v) is 7.37. The molecule has 0 radical (unpaired) electrons. The third-order valence-corrected chi connectivity index (χ3v) is 3.66. The Bertz CT molecular complexity index is 335. The van der Waals surface area contributed by atoms with Crippen LogP contribution in [-0.2, 0) is 4.79 Å². The van der Waals surface area contributed by atoms with Gasteiger partial charge in [0.1, 0.15) is 0 Å². The molecule has 0 saturated carbocycles. The summed E-state index contributed by atoms with van der Waals surface area (Å²) in [5, 5.41) is 0. The smallest absolute Gasteiger partial charge is 0.250 e. The van der Waals surface area contributed by atoms with Crippen LogP contribution in [0, 0.1) is 0 Å². The van der Waals surface area contributed by atoms with E-state index in [1.807, 2.05) is 0 Å². The standard InChI is InChI=1S/C16H29NO/c1-7-9-13-11-12(3)17(16(4,5)6)15(18)14(13)10-8-2/h12H,7-11H2,1-6H3/t12-/m1/s1. The number of hydrogen-bond donors (Lipinski definition) is 0. The molecule has 0 aromatic rings. The molecule has 0 fully saturated rings. The Balaban J connectivity index is 3.11. The average Bonchev–Trinajstić information content (AvgIpc) is 2.21. The average molecular weight is 251 g/mol. The molecule has 1 amide bonds. The summed E-state index contributed by atoms with van der Waals surface area (Å²) in [6.07, 6.45) is 5.28. The first-order valence-electron chi connectivity index (χ1n) is 7.37. The Morgan fingerprint density at radius 2 is 1.72 bits per heavy atom. The summed E-state index contributed by atoms with van der Waals surface area (Å²) in [6.45, 7) is 12.9. The second-order valence-corrected chi connectivity index (χ2v) is 6.48. The van der Waals surface area contributed by atoms with Gasteiger partial charge in [-0.05, 0) is 47.0 Å². The molecule has 1 aliphatic heterocycles. The van der Waals surface area contributed by atoms with Crippen molar-refractivity contribution in [3.63, 3.8) is 0 Å². The number of rotatable bonds is 4. The van der Waals surface area contributed by atoms with Gasteiger partial charge in [-0.1, -0.05) is 32.3 Å². The molecule has 0 aliphatic carbocycles. The summed E-state index contributed by atoms with van der Waals surface area (Å²) in [5.41, 5.74) is 2.44. The second-order valence-electron chi connectivity index (χ2n) is 6.48. The highest BCUT2D eigenvalue weighted by Crippen LogP contribution is 2.34. The first-order chi connectivity index (χ1) is 8.32. The molecule has 104 valence electrons. The number of hydrogen-bond acceptors (Lipinski definition) is 1. The van der Waals surface area contributed by atoms with Gasteiger partial charge in [0, 0.05) is 17.2 Å². The maximum atomic E-state index is 12.7. The lowest BCUT2D eigenvalue weighted by Gasteiger charge is -2.44. The van der Waals surface area contributed by atoms with Gasteiger partial charge in [-0.15, -0.1) is 0 Å². The minimum atomic E-state index is -0.0762. The van der Waals surface area contributed by atoms with E-state index in [0.717, 1.165) is 37.7 Å². The minimum Gasteiger partial charge on any atom is -0.331 e. The number of amides is 1. The van der Waals surface area contributed by atoms with Gasteiger partial charge in [-0.25, -0.2) is 0 Å². The number of carbonyl (C=O) groups excluding carboxylic acids is 1. The SMILES string of the molecule is CCCC1=C(CCC)C(=O)N(C(C)(C)C)[C@H](C)C1. The first kappa shape index (κ1) is 15.3. The summed E-state index contributed by atoms with van der Waals surface area (Å²) in [4.78, 5) is 14.8. The van der Waals surface area contributed by atoms with Gasteiger partial charge in [0.25, 0.3) is 0 Å². The van der Waals surface area contributed by atoms with Crippen molar-refractivity contribution in [2.45, 2.75) is 85.2 Å². The lowest BCUT2D eigenvalue weighted by atomic mass is 9.86. The number of nitrogens with zero attached hydrogens (tertiary/aromatic N) is 1. The zero-order valence-corrected chi connectivity index (χ0v) is 13.0. The monoisotopic (exact) mass is 251 g/mol. The Kier molecular flexibility index (Phi) is 5.01. The van der Waals surface area contributed by atoms with Gasteiger partial charge in [-0.3, -0.25) is 4.79 Å². The molecule has 0 spiro atoms. The molecular formula is C16H29NO. The van der Waals surface area contributed by atoms with Crippen LogP contribution in [0.5, 0.6) is 0 Å². The van der Waals surface area contributed by atoms with Crippen LogP contribution in [0.15, 0.2) is 11.1 Å². The van der Waals surface area contributed by atoms with Crippen molar-refractivity contribution in [3.8, 4) is 0 Å². The maximum Gasteiger partial charge on any atom is 0.250 e. The van der Waals surface area contributed by atoms with Gasteiger partial charge in [0.05, 0.1) is 0 Å². The highest BCUT2D eigenvalue weighted by molar-refractivity contribution is 5.95. The van der Waals surface area contributed by atoms with Crippen LogP contribution < -0.4 is 0 Å². The molecule has 1 aliphatic rings. The molecule has 0 N–H and O–H groups in total. The Hall–Kier alpha value is -0.790. The van der Waals surface area contributed by atoms with Crippen LogP contribution in [-0.4, -0.2) is 22.4 Å². The lowest BCUT2D eigenvalue weighted by Crippen LogP contribution is -2.53. The van der Waals surface area contributed by atoms with Crippen LogP contribution in [0.4, 0.5) is 0 Å². The Labute approximate surface area is 112 Å². The van der Waals surface area contributed by atoms with E-state index in [1.165, 1.54) is 5.57 Å². The lowest BCUT2D eigenvalue weighted by molar-refractivity contribution is -0.135. The zero-order chi connectivity index (χ0) is 13.9. The van der Waals surface area contributed by atoms with Gasteiger partial charge >= 0.3 is 0 Å². The molecule has 1 atom stereocenters. The predicted molar refractivity (Wildman–Crippen MR) is 77.5 cm³/mol. The molecule has 2 heteroatoms. The van der Waals surface area contributed by atoms with E-state index in [-0.39, 0.29) is 11.4 Å². The molecule has 2 nitrogen and oxygen atoms in total. The van der Waals surface area contributed by atoms with Gasteiger partial charge in [0.2, 0.25) is 5.91 Å². The molecule has 18 heavy (non-hydrogen) atoms. The van der Waals surface area contributed by atoms with Gasteiger partial charge < -0.3 is 4.90 Å². The van der Waals surface area contributed by atoms with E-state index in [2.05, 4.69) is 46.4 Å². The summed E-state index contributed by atoms with van der Waals surface area (Å²) in [7, 11) is 0. The van der Waals surface area contributed by atoms with Crippen LogP contribution >= 0.6 is 0 Å². The zero-order valence-electron chi connectivity index (χ0n) is 13.0. The van der Waals surface area contributed by atoms with Crippen molar-refractivity contribution in [2.75, 3.05) is 0 Å². The van der Waals surface area contributed by atoms with Crippen LogP contribution in [0.1, 0.15) is 73.6 Å². The summed E-state index contributed by atoms with van der Waals surface area (Å²) in [5.74, 6) is 0.284. The van der Waals surface area contributed by atoms with Crippen molar-refractivity contribution in [2.24, 2.45) is 0 Å². The predicted octanol–water partition coefficient (Wildman–Crippen LogP) is 4.30. The van der Waals surface area contributed by atoms with E-state index in [0.29, 0.717) is 6.04 Å². The molecule has 1 heterocycles. The highest BCUT2D eigenvalue weighted by atomic mass is 16.2. The minimum absolute atomic E-state index is 0.0762. The van der Waals surface area contributed by atoms with Crippen LogP contribution in [0.25, 0.3) is 0 Å².